The van der Waals surface area contributed by atoms with E-state index in [0.29, 0.717) is 24.0 Å². The van der Waals surface area contributed by atoms with Crippen LogP contribution in [0.4, 0.5) is 0 Å². The zero-order chi connectivity index (χ0) is 18.6. The number of rotatable bonds is 3. The summed E-state index contributed by atoms with van der Waals surface area (Å²) in [6.07, 6.45) is 2.64. The van der Waals surface area contributed by atoms with Crippen LogP contribution < -0.4 is 14.2 Å². The number of nitrogens with zero attached hydrogens (tertiary/aromatic N) is 1. The SMILES string of the molecule is COc1ccc(C2CCCCN(C(=O)C3COc4ccccc4O3)C2)cc1. The van der Waals surface area contributed by atoms with E-state index in [-0.39, 0.29) is 12.5 Å². The van der Waals surface area contributed by atoms with Gasteiger partial charge in [-0.15, -0.1) is 0 Å². The molecule has 1 saturated heterocycles. The molecule has 1 fully saturated rings. The largest absolute Gasteiger partial charge is 0.497 e. The molecule has 0 saturated carbocycles. The zero-order valence-electron chi connectivity index (χ0n) is 15.6. The van der Waals surface area contributed by atoms with Gasteiger partial charge < -0.3 is 19.1 Å². The molecule has 2 heterocycles. The fraction of sp³-hybridized carbons (Fsp3) is 0.409. The number of benzene rings is 2. The van der Waals surface area contributed by atoms with Gasteiger partial charge in [0.05, 0.1) is 7.11 Å². The van der Waals surface area contributed by atoms with Crippen molar-refractivity contribution in [2.75, 3.05) is 26.8 Å². The Kier molecular flexibility index (Phi) is 5.19. The van der Waals surface area contributed by atoms with Crippen LogP contribution in [0, 0.1) is 0 Å². The summed E-state index contributed by atoms with van der Waals surface area (Å²) in [5.41, 5.74) is 1.25. The standard InChI is InChI=1S/C22H25NO4/c1-25-18-11-9-16(10-12-18)17-6-4-5-13-23(14-17)22(24)21-15-26-19-7-2-3-8-20(19)27-21/h2-3,7-12,17,21H,4-6,13-15H2,1H3. The van der Waals surface area contributed by atoms with Crippen LogP contribution in [-0.4, -0.2) is 43.7 Å². The molecule has 5 nitrogen and oxygen atoms in total. The van der Waals surface area contributed by atoms with Crippen molar-refractivity contribution in [2.45, 2.75) is 31.3 Å². The van der Waals surface area contributed by atoms with Crippen LogP contribution >= 0.6 is 0 Å². The van der Waals surface area contributed by atoms with Crippen LogP contribution in [0.5, 0.6) is 17.2 Å². The van der Waals surface area contributed by atoms with Gasteiger partial charge in [0, 0.05) is 19.0 Å². The van der Waals surface area contributed by atoms with Crippen molar-refractivity contribution >= 4 is 5.91 Å². The van der Waals surface area contributed by atoms with Crippen molar-refractivity contribution in [1.29, 1.82) is 0 Å². The smallest absolute Gasteiger partial charge is 0.267 e. The number of amides is 1. The molecule has 0 bridgehead atoms. The number of hydrogen-bond acceptors (Lipinski definition) is 4. The maximum absolute atomic E-state index is 13.1. The number of carbonyl (C=O) groups is 1. The first-order chi connectivity index (χ1) is 13.2. The normalized spacial score (nSPS) is 22.0. The Morgan fingerprint density at radius 1 is 1.07 bits per heavy atom. The molecule has 27 heavy (non-hydrogen) atoms. The molecule has 0 aliphatic carbocycles. The third-order valence-corrected chi connectivity index (χ3v) is 5.35. The number of carbonyl (C=O) groups excluding carboxylic acids is 1. The van der Waals surface area contributed by atoms with E-state index in [1.54, 1.807) is 7.11 Å². The third-order valence-electron chi connectivity index (χ3n) is 5.35. The first-order valence-electron chi connectivity index (χ1n) is 9.56. The fourth-order valence-corrected chi connectivity index (χ4v) is 3.84. The van der Waals surface area contributed by atoms with E-state index in [4.69, 9.17) is 14.2 Å². The van der Waals surface area contributed by atoms with Gasteiger partial charge in [0.15, 0.2) is 11.5 Å². The molecule has 2 unspecified atom stereocenters. The molecular weight excluding hydrogens is 342 g/mol. The lowest BCUT2D eigenvalue weighted by atomic mass is 9.94. The van der Waals surface area contributed by atoms with Gasteiger partial charge in [0.25, 0.3) is 5.91 Å². The van der Waals surface area contributed by atoms with Gasteiger partial charge >= 0.3 is 0 Å². The highest BCUT2D eigenvalue weighted by Crippen LogP contribution is 2.32. The summed E-state index contributed by atoms with van der Waals surface area (Å²) in [6.45, 7) is 1.75. The van der Waals surface area contributed by atoms with Crippen molar-refractivity contribution in [3.63, 3.8) is 0 Å². The molecule has 0 N–H and O–H groups in total. The summed E-state index contributed by atoms with van der Waals surface area (Å²) in [7, 11) is 1.67. The molecule has 2 aromatic carbocycles. The summed E-state index contributed by atoms with van der Waals surface area (Å²) < 4.78 is 16.9. The second-order valence-corrected chi connectivity index (χ2v) is 7.11. The fourth-order valence-electron chi connectivity index (χ4n) is 3.84. The highest BCUT2D eigenvalue weighted by Gasteiger charge is 2.33. The Hall–Kier alpha value is -2.69. The van der Waals surface area contributed by atoms with Gasteiger partial charge in [-0.05, 0) is 42.7 Å². The van der Waals surface area contributed by atoms with Crippen LogP contribution in [0.1, 0.15) is 30.7 Å². The molecule has 2 aromatic rings. The molecule has 0 aromatic heterocycles. The minimum absolute atomic E-state index is 0.0184. The summed E-state index contributed by atoms with van der Waals surface area (Å²) in [6, 6.07) is 15.7. The lowest BCUT2D eigenvalue weighted by Gasteiger charge is -2.31. The van der Waals surface area contributed by atoms with Crippen LogP contribution in [0.3, 0.4) is 0 Å². The highest BCUT2D eigenvalue weighted by molar-refractivity contribution is 5.82. The number of hydrogen-bond donors (Lipinski definition) is 0. The number of fused-ring (bicyclic) bond motifs is 1. The molecule has 142 valence electrons. The number of para-hydroxylation sites is 2. The minimum atomic E-state index is -0.575. The number of likely N-dealkylation sites (tertiary alicyclic amines) is 1. The van der Waals surface area contributed by atoms with E-state index in [1.165, 1.54) is 5.56 Å². The molecule has 4 rings (SSSR count). The number of ether oxygens (including phenoxy) is 3. The summed E-state index contributed by atoms with van der Waals surface area (Å²) in [4.78, 5) is 15.0. The predicted molar refractivity (Wildman–Crippen MR) is 103 cm³/mol. The van der Waals surface area contributed by atoms with Gasteiger partial charge in [0.1, 0.15) is 12.4 Å². The summed E-state index contributed by atoms with van der Waals surface area (Å²) in [5.74, 6) is 2.55. The molecule has 2 aliphatic heterocycles. The Labute approximate surface area is 159 Å². The quantitative estimate of drug-likeness (QED) is 0.831. The molecule has 5 heteroatoms. The van der Waals surface area contributed by atoms with E-state index in [0.717, 1.165) is 31.6 Å². The molecule has 1 amide bonds. The Bertz CT molecular complexity index is 789. The second kappa shape index (κ2) is 7.91. The Morgan fingerprint density at radius 3 is 2.63 bits per heavy atom. The maximum Gasteiger partial charge on any atom is 0.267 e. The van der Waals surface area contributed by atoms with Crippen LogP contribution in [0.2, 0.25) is 0 Å². The first-order valence-corrected chi connectivity index (χ1v) is 9.56. The van der Waals surface area contributed by atoms with E-state index in [9.17, 15) is 4.79 Å². The van der Waals surface area contributed by atoms with Gasteiger partial charge in [-0.1, -0.05) is 30.7 Å². The van der Waals surface area contributed by atoms with E-state index in [1.807, 2.05) is 41.3 Å². The predicted octanol–water partition coefficient (Wildman–Crippen LogP) is 3.63. The number of methoxy groups -OCH3 is 1. The summed E-state index contributed by atoms with van der Waals surface area (Å²) in [5, 5.41) is 0. The van der Waals surface area contributed by atoms with Gasteiger partial charge in [0.2, 0.25) is 6.10 Å². The van der Waals surface area contributed by atoms with Gasteiger partial charge in [-0.2, -0.15) is 0 Å². The molecule has 0 spiro atoms. The van der Waals surface area contributed by atoms with Crippen molar-refractivity contribution in [3.05, 3.63) is 54.1 Å². The average Bonchev–Trinajstić information content (AvgIpc) is 2.99. The first kappa shape index (κ1) is 17.7. The summed E-state index contributed by atoms with van der Waals surface area (Å²) >= 11 is 0. The Morgan fingerprint density at radius 2 is 1.85 bits per heavy atom. The topological polar surface area (TPSA) is 48.0 Å². The van der Waals surface area contributed by atoms with Gasteiger partial charge in [-0.25, -0.2) is 0 Å². The van der Waals surface area contributed by atoms with Gasteiger partial charge in [-0.3, -0.25) is 4.79 Å². The maximum atomic E-state index is 13.1. The average molecular weight is 367 g/mol. The van der Waals surface area contributed by atoms with E-state index >= 15 is 0 Å². The van der Waals surface area contributed by atoms with Crippen molar-refractivity contribution in [2.24, 2.45) is 0 Å². The van der Waals surface area contributed by atoms with Crippen molar-refractivity contribution < 1.29 is 19.0 Å². The van der Waals surface area contributed by atoms with Crippen LogP contribution in [-0.2, 0) is 4.79 Å². The third kappa shape index (κ3) is 3.87. The molecule has 2 atom stereocenters. The monoisotopic (exact) mass is 367 g/mol. The van der Waals surface area contributed by atoms with E-state index < -0.39 is 6.10 Å². The lowest BCUT2D eigenvalue weighted by molar-refractivity contribution is -0.141. The molecule has 2 aliphatic rings. The van der Waals surface area contributed by atoms with E-state index in [2.05, 4.69) is 12.1 Å². The Balaban J connectivity index is 1.46. The van der Waals surface area contributed by atoms with Crippen LogP contribution in [0.15, 0.2) is 48.5 Å². The van der Waals surface area contributed by atoms with Crippen molar-refractivity contribution in [1.82, 2.24) is 4.90 Å². The minimum Gasteiger partial charge on any atom is -0.497 e. The molecular formula is C22H25NO4. The molecule has 0 radical (unpaired) electrons. The van der Waals surface area contributed by atoms with Crippen LogP contribution in [0.25, 0.3) is 0 Å². The highest BCUT2D eigenvalue weighted by atomic mass is 16.6. The van der Waals surface area contributed by atoms with Crippen molar-refractivity contribution in [3.8, 4) is 17.2 Å². The lowest BCUT2D eigenvalue weighted by Crippen LogP contribution is -2.47. The second-order valence-electron chi connectivity index (χ2n) is 7.11. The zero-order valence-corrected chi connectivity index (χ0v) is 15.6.